The van der Waals surface area contributed by atoms with E-state index in [0.717, 1.165) is 28.5 Å². The Morgan fingerprint density at radius 1 is 1.16 bits per heavy atom. The van der Waals surface area contributed by atoms with Gasteiger partial charge in [0.1, 0.15) is 5.82 Å². The van der Waals surface area contributed by atoms with E-state index in [4.69, 9.17) is 37.9 Å². The molecule has 0 saturated carbocycles. The quantitative estimate of drug-likeness (QED) is 0.619. The van der Waals surface area contributed by atoms with Crippen molar-refractivity contribution in [1.82, 2.24) is 19.8 Å². The number of halogens is 2. The summed E-state index contributed by atoms with van der Waals surface area (Å²) >= 11 is 12.5. The average molecular weight is 480 g/mol. The van der Waals surface area contributed by atoms with E-state index in [-0.39, 0.29) is 18.2 Å². The first-order valence-corrected chi connectivity index (χ1v) is 11.7. The van der Waals surface area contributed by atoms with E-state index < -0.39 is 0 Å². The maximum absolute atomic E-state index is 12.5. The number of nitrogens with zero attached hydrogens (tertiary/aromatic N) is 4. The third kappa shape index (κ3) is 5.27. The molecule has 1 aliphatic heterocycles. The van der Waals surface area contributed by atoms with Crippen LogP contribution in [0.2, 0.25) is 10.0 Å². The summed E-state index contributed by atoms with van der Waals surface area (Å²) in [5.41, 5.74) is 3.28. The van der Waals surface area contributed by atoms with Gasteiger partial charge in [-0.25, -0.2) is 14.8 Å². The number of carbonyl (C=O) groups is 1. The van der Waals surface area contributed by atoms with Gasteiger partial charge in [-0.3, -0.25) is 0 Å². The second kappa shape index (κ2) is 10.7. The molecular weight excluding hydrogens is 449 g/mol. The molecule has 2 heterocycles. The highest BCUT2D eigenvalue weighted by molar-refractivity contribution is 6.36. The molecule has 2 amide bonds. The summed E-state index contributed by atoms with van der Waals surface area (Å²) in [6.45, 7) is 7.71. The van der Waals surface area contributed by atoms with Gasteiger partial charge in [0.05, 0.1) is 40.8 Å². The fourth-order valence-corrected chi connectivity index (χ4v) is 4.42. The number of aromatic nitrogens is 2. The number of likely N-dealkylation sites (tertiary alicyclic amines) is 1. The van der Waals surface area contributed by atoms with Crippen LogP contribution in [0.3, 0.4) is 0 Å². The number of nitrogens with one attached hydrogen (secondary N) is 1. The van der Waals surface area contributed by atoms with Crippen LogP contribution < -0.4 is 5.32 Å². The van der Waals surface area contributed by atoms with Crippen molar-refractivity contribution in [3.05, 3.63) is 39.6 Å². The minimum atomic E-state index is -0.120. The Bertz CT molecular complexity index is 970. The van der Waals surface area contributed by atoms with E-state index in [9.17, 15) is 4.79 Å². The second-order valence-corrected chi connectivity index (χ2v) is 8.82. The molecule has 9 heteroatoms. The molecule has 0 spiro atoms. The van der Waals surface area contributed by atoms with Crippen molar-refractivity contribution < 1.29 is 9.53 Å². The van der Waals surface area contributed by atoms with Crippen molar-refractivity contribution >= 4 is 35.1 Å². The Kier molecular flexibility index (Phi) is 8.20. The fourth-order valence-electron chi connectivity index (χ4n) is 3.92. The van der Waals surface area contributed by atoms with E-state index >= 15 is 0 Å². The van der Waals surface area contributed by atoms with Crippen LogP contribution in [-0.4, -0.2) is 71.7 Å². The molecule has 0 bridgehead atoms. The highest BCUT2D eigenvalue weighted by Crippen LogP contribution is 2.33. The third-order valence-electron chi connectivity index (χ3n) is 5.52. The van der Waals surface area contributed by atoms with Crippen molar-refractivity contribution in [3.63, 3.8) is 0 Å². The van der Waals surface area contributed by atoms with Crippen molar-refractivity contribution in [2.45, 2.75) is 45.8 Å². The molecular formula is C23H31Cl2N5O2. The maximum Gasteiger partial charge on any atom is 0.319 e. The van der Waals surface area contributed by atoms with Crippen LogP contribution in [-0.2, 0) is 17.6 Å². The minimum absolute atomic E-state index is 0.0252. The van der Waals surface area contributed by atoms with Crippen LogP contribution in [0.1, 0.15) is 32.2 Å². The summed E-state index contributed by atoms with van der Waals surface area (Å²) in [6.07, 6.45) is 1.28. The number of benzene rings is 1. The molecule has 2 atom stereocenters. The van der Waals surface area contributed by atoms with Crippen molar-refractivity contribution in [2.75, 3.05) is 39.1 Å². The fraction of sp³-hybridized carbons (Fsp3) is 0.522. The predicted molar refractivity (Wildman–Crippen MR) is 130 cm³/mol. The van der Waals surface area contributed by atoms with Gasteiger partial charge in [0.15, 0.2) is 0 Å². The first-order chi connectivity index (χ1) is 15.3. The number of hydrogen-bond acceptors (Lipinski definition) is 5. The number of aryl methyl sites for hydroxylation is 2. The normalized spacial score (nSPS) is 18.2. The Labute approximate surface area is 200 Å². The highest BCUT2D eigenvalue weighted by Gasteiger charge is 2.37. The lowest BCUT2D eigenvalue weighted by Gasteiger charge is -2.22. The zero-order chi connectivity index (χ0) is 23.4. The Balaban J connectivity index is 1.94. The summed E-state index contributed by atoms with van der Waals surface area (Å²) < 4.78 is 5.94. The Morgan fingerprint density at radius 3 is 2.47 bits per heavy atom. The number of rotatable bonds is 7. The minimum Gasteiger partial charge on any atom is -0.374 e. The van der Waals surface area contributed by atoms with Gasteiger partial charge in [0.25, 0.3) is 0 Å². The van der Waals surface area contributed by atoms with E-state index in [2.05, 4.69) is 5.32 Å². The SMILES string of the molecule is CCOC1CN(C(=O)N(C)C)CC1Nc1nc(CC)c(-c2ccc(Cl)cc2Cl)nc1CC. The predicted octanol–water partition coefficient (Wildman–Crippen LogP) is 4.76. The van der Waals surface area contributed by atoms with Crippen molar-refractivity contribution in [3.8, 4) is 11.3 Å². The van der Waals surface area contributed by atoms with Crippen LogP contribution in [0, 0.1) is 0 Å². The number of amides is 2. The van der Waals surface area contributed by atoms with Crippen molar-refractivity contribution in [1.29, 1.82) is 0 Å². The smallest absolute Gasteiger partial charge is 0.319 e. The van der Waals surface area contributed by atoms with E-state index in [0.29, 0.717) is 42.6 Å². The molecule has 1 aromatic carbocycles. The molecule has 1 fully saturated rings. The Hall–Kier alpha value is -2.09. The maximum atomic E-state index is 12.5. The lowest BCUT2D eigenvalue weighted by molar-refractivity contribution is 0.0644. The number of carbonyl (C=O) groups excluding carboxylic acids is 1. The van der Waals surface area contributed by atoms with Crippen LogP contribution in [0.4, 0.5) is 10.6 Å². The lowest BCUT2D eigenvalue weighted by atomic mass is 10.1. The molecule has 0 aliphatic carbocycles. The molecule has 1 aliphatic rings. The highest BCUT2D eigenvalue weighted by atomic mass is 35.5. The average Bonchev–Trinajstić information content (AvgIpc) is 3.15. The first kappa shape index (κ1) is 24.6. The molecule has 0 radical (unpaired) electrons. The second-order valence-electron chi connectivity index (χ2n) is 7.97. The molecule has 2 unspecified atom stereocenters. The summed E-state index contributed by atoms with van der Waals surface area (Å²) in [6, 6.07) is 5.31. The van der Waals surface area contributed by atoms with Gasteiger partial charge >= 0.3 is 6.03 Å². The number of ether oxygens (including phenoxy) is 1. The molecule has 7 nitrogen and oxygen atoms in total. The number of urea groups is 1. The lowest BCUT2D eigenvalue weighted by Crippen LogP contribution is -2.38. The van der Waals surface area contributed by atoms with Gasteiger partial charge < -0.3 is 19.9 Å². The van der Waals surface area contributed by atoms with Gasteiger partial charge in [-0.2, -0.15) is 0 Å². The van der Waals surface area contributed by atoms with Gasteiger partial charge in [0, 0.05) is 37.8 Å². The number of anilines is 1. The summed E-state index contributed by atoms with van der Waals surface area (Å²) in [5.74, 6) is 0.729. The topological polar surface area (TPSA) is 70.6 Å². The van der Waals surface area contributed by atoms with Gasteiger partial charge in [-0.05, 0) is 38.0 Å². The molecule has 1 saturated heterocycles. The largest absolute Gasteiger partial charge is 0.374 e. The molecule has 174 valence electrons. The molecule has 32 heavy (non-hydrogen) atoms. The van der Waals surface area contributed by atoms with E-state index in [1.807, 2.05) is 32.9 Å². The standard InChI is InChI=1S/C23H31Cl2N5O2/c1-6-17-21(15-10-9-14(24)11-16(15)25)26-18(7-2)22(27-17)28-19-12-30(23(31)29(4)5)13-20(19)32-8-3/h9-11,19-20H,6-8,12-13H2,1-5H3,(H,27,28). The van der Waals surface area contributed by atoms with E-state index in [1.165, 1.54) is 0 Å². The van der Waals surface area contributed by atoms with Gasteiger partial charge in [0.2, 0.25) is 0 Å². The number of hydrogen-bond donors (Lipinski definition) is 1. The van der Waals surface area contributed by atoms with Crippen LogP contribution in [0.15, 0.2) is 18.2 Å². The van der Waals surface area contributed by atoms with E-state index in [1.54, 1.807) is 30.0 Å². The molecule has 2 aromatic rings. The summed E-state index contributed by atoms with van der Waals surface area (Å²) in [7, 11) is 3.52. The first-order valence-electron chi connectivity index (χ1n) is 11.0. The molecule has 3 rings (SSSR count). The van der Waals surface area contributed by atoms with Gasteiger partial charge in [-0.15, -0.1) is 0 Å². The van der Waals surface area contributed by atoms with Crippen LogP contribution >= 0.6 is 23.2 Å². The zero-order valence-electron chi connectivity index (χ0n) is 19.3. The van der Waals surface area contributed by atoms with Crippen molar-refractivity contribution in [2.24, 2.45) is 0 Å². The zero-order valence-corrected chi connectivity index (χ0v) is 20.8. The van der Waals surface area contributed by atoms with Gasteiger partial charge in [-0.1, -0.05) is 37.0 Å². The Morgan fingerprint density at radius 2 is 1.88 bits per heavy atom. The third-order valence-corrected chi connectivity index (χ3v) is 6.07. The summed E-state index contributed by atoms with van der Waals surface area (Å²) in [4.78, 5) is 25.7. The molecule has 1 N–H and O–H groups in total. The monoisotopic (exact) mass is 479 g/mol. The van der Waals surface area contributed by atoms with Crippen LogP contribution in [0.25, 0.3) is 11.3 Å². The molecule has 1 aromatic heterocycles. The summed E-state index contributed by atoms with van der Waals surface area (Å²) in [5, 5.41) is 4.66. The van der Waals surface area contributed by atoms with Crippen LogP contribution in [0.5, 0.6) is 0 Å².